The Morgan fingerprint density at radius 1 is 1.24 bits per heavy atom. The number of benzene rings is 1. The molecule has 0 bridgehead atoms. The van der Waals surface area contributed by atoms with Crippen LogP contribution in [0.15, 0.2) is 18.2 Å². The van der Waals surface area contributed by atoms with Gasteiger partial charge in [-0.2, -0.15) is 0 Å². The molecule has 2 aliphatic carbocycles. The van der Waals surface area contributed by atoms with Crippen LogP contribution in [-0.4, -0.2) is 42.3 Å². The van der Waals surface area contributed by atoms with Crippen LogP contribution in [-0.2, 0) is 21.4 Å². The number of carboxylic acids is 1. The molecule has 184 valence electrons. The summed E-state index contributed by atoms with van der Waals surface area (Å²) >= 11 is 0. The molecule has 0 radical (unpaired) electrons. The number of carbonyl (C=O) groups is 2. The van der Waals surface area contributed by atoms with Gasteiger partial charge in [0.15, 0.2) is 0 Å². The Hall–Kier alpha value is -1.92. The van der Waals surface area contributed by atoms with Gasteiger partial charge in [-0.05, 0) is 67.7 Å². The van der Waals surface area contributed by atoms with Crippen molar-refractivity contribution >= 4 is 11.9 Å². The lowest BCUT2D eigenvalue weighted by atomic mass is 9.62. The molecule has 1 saturated carbocycles. The first-order chi connectivity index (χ1) is 15.8. The van der Waals surface area contributed by atoms with Crippen LogP contribution >= 0.6 is 0 Å². The number of methoxy groups -OCH3 is 1. The molecule has 6 nitrogen and oxygen atoms in total. The number of ether oxygens (including phenoxy) is 1. The van der Waals surface area contributed by atoms with E-state index in [-0.39, 0.29) is 23.5 Å². The van der Waals surface area contributed by atoms with Gasteiger partial charge in [0.2, 0.25) is 5.91 Å². The topological polar surface area (TPSA) is 102 Å². The maximum atomic E-state index is 11.9. The van der Waals surface area contributed by atoms with Crippen LogP contribution in [0.2, 0.25) is 0 Å². The third kappa shape index (κ3) is 5.27. The third-order valence-electron chi connectivity index (χ3n) is 8.54. The zero-order valence-electron chi connectivity index (χ0n) is 20.7. The zero-order chi connectivity index (χ0) is 24.2. The molecule has 0 heterocycles. The molecule has 0 aliphatic heterocycles. The van der Waals surface area contributed by atoms with Crippen LogP contribution in [0.3, 0.4) is 0 Å². The lowest BCUT2D eigenvalue weighted by Gasteiger charge is -2.50. The van der Waals surface area contributed by atoms with E-state index in [0.717, 1.165) is 51.4 Å². The molecule has 1 aromatic carbocycles. The molecule has 1 fully saturated rings. The molecule has 6 heteroatoms. The van der Waals surface area contributed by atoms with Crippen molar-refractivity contribution in [2.75, 3.05) is 7.11 Å². The second-order valence-electron chi connectivity index (χ2n) is 10.1. The normalized spacial score (nSPS) is 27.5. The Bertz CT molecular complexity index is 835. The Labute approximate surface area is 198 Å². The summed E-state index contributed by atoms with van der Waals surface area (Å²) in [4.78, 5) is 23.5. The number of hydrogen-bond acceptors (Lipinski definition) is 4. The quantitative estimate of drug-likeness (QED) is 0.481. The summed E-state index contributed by atoms with van der Waals surface area (Å²) in [7, 11) is 1.79. The first-order valence-electron chi connectivity index (χ1n) is 12.7. The molecular formula is C27H42N2O4. The van der Waals surface area contributed by atoms with E-state index in [2.05, 4.69) is 19.2 Å². The predicted molar refractivity (Wildman–Crippen MR) is 130 cm³/mol. The molecule has 33 heavy (non-hydrogen) atoms. The highest BCUT2D eigenvalue weighted by Gasteiger charge is 2.48. The van der Waals surface area contributed by atoms with Crippen molar-refractivity contribution in [1.29, 1.82) is 0 Å². The van der Waals surface area contributed by atoms with Crippen molar-refractivity contribution in [2.45, 2.75) is 102 Å². The van der Waals surface area contributed by atoms with Gasteiger partial charge in [0, 0.05) is 36.6 Å². The average Bonchev–Trinajstić information content (AvgIpc) is 2.82. The van der Waals surface area contributed by atoms with E-state index in [9.17, 15) is 14.7 Å². The van der Waals surface area contributed by atoms with E-state index >= 15 is 0 Å². The number of nitrogens with two attached hydrogens (primary N) is 1. The number of hydrogen-bond donors (Lipinski definition) is 3. The number of rotatable bonds is 10. The van der Waals surface area contributed by atoms with E-state index in [0.29, 0.717) is 23.9 Å². The van der Waals surface area contributed by atoms with Gasteiger partial charge >= 0.3 is 5.97 Å². The van der Waals surface area contributed by atoms with Crippen LogP contribution in [0.4, 0.5) is 0 Å². The van der Waals surface area contributed by atoms with Crippen molar-refractivity contribution in [2.24, 2.45) is 17.6 Å². The van der Waals surface area contributed by atoms with Gasteiger partial charge in [-0.15, -0.1) is 0 Å². The minimum Gasteiger partial charge on any atom is -0.481 e. The number of nitrogens with one attached hydrogen (secondary N) is 1. The second kappa shape index (κ2) is 11.0. The highest BCUT2D eigenvalue weighted by atomic mass is 16.5. The van der Waals surface area contributed by atoms with Crippen LogP contribution in [0.25, 0.3) is 0 Å². The molecule has 1 aromatic rings. The van der Waals surface area contributed by atoms with Crippen molar-refractivity contribution in [3.05, 3.63) is 34.9 Å². The van der Waals surface area contributed by atoms with Crippen molar-refractivity contribution < 1.29 is 19.4 Å². The minimum absolute atomic E-state index is 0.0413. The average molecular weight is 459 g/mol. The van der Waals surface area contributed by atoms with Gasteiger partial charge in [-0.1, -0.05) is 39.7 Å². The maximum Gasteiger partial charge on any atom is 0.306 e. The first kappa shape index (κ1) is 25.7. The molecule has 2 unspecified atom stereocenters. The summed E-state index contributed by atoms with van der Waals surface area (Å²) < 4.78 is 6.05. The lowest BCUT2D eigenvalue weighted by Crippen LogP contribution is -2.61. The lowest BCUT2D eigenvalue weighted by molar-refractivity contribution is -0.142. The van der Waals surface area contributed by atoms with Crippen molar-refractivity contribution in [3.8, 4) is 0 Å². The van der Waals surface area contributed by atoms with Crippen molar-refractivity contribution in [1.82, 2.24) is 5.32 Å². The van der Waals surface area contributed by atoms with E-state index in [1.54, 1.807) is 7.11 Å². The Kier molecular flexibility index (Phi) is 8.57. The summed E-state index contributed by atoms with van der Waals surface area (Å²) in [5.74, 6) is -0.874. The minimum atomic E-state index is -0.669. The van der Waals surface area contributed by atoms with Gasteiger partial charge in [0.1, 0.15) is 0 Å². The summed E-state index contributed by atoms with van der Waals surface area (Å²) in [6.45, 7) is 6.41. The van der Waals surface area contributed by atoms with E-state index in [4.69, 9.17) is 10.5 Å². The van der Waals surface area contributed by atoms with Crippen molar-refractivity contribution in [3.63, 3.8) is 0 Å². The second-order valence-corrected chi connectivity index (χ2v) is 10.1. The molecule has 3 rings (SSSR count). The molecule has 1 amide bonds. The molecule has 5 atom stereocenters. The molecule has 2 aliphatic rings. The molecular weight excluding hydrogens is 416 g/mol. The van der Waals surface area contributed by atoms with E-state index in [1.165, 1.54) is 11.1 Å². The molecule has 0 spiro atoms. The van der Waals surface area contributed by atoms with E-state index < -0.39 is 11.9 Å². The van der Waals surface area contributed by atoms with Gasteiger partial charge in [-0.25, -0.2) is 0 Å². The first-order valence-corrected chi connectivity index (χ1v) is 12.7. The summed E-state index contributed by atoms with van der Waals surface area (Å²) in [6, 6.07) is 6.35. The Morgan fingerprint density at radius 2 is 1.97 bits per heavy atom. The predicted octanol–water partition coefficient (Wildman–Crippen LogP) is 4.43. The summed E-state index contributed by atoms with van der Waals surface area (Å²) in [5, 5.41) is 13.5. The van der Waals surface area contributed by atoms with Crippen LogP contribution in [0.5, 0.6) is 0 Å². The number of amides is 1. The number of primary amides is 1. The molecule has 4 N–H and O–H groups in total. The number of aliphatic carboxylic acids is 1. The maximum absolute atomic E-state index is 11.9. The highest BCUT2D eigenvalue weighted by molar-refractivity contribution is 5.93. The highest BCUT2D eigenvalue weighted by Crippen LogP contribution is 2.45. The fourth-order valence-corrected chi connectivity index (χ4v) is 6.54. The van der Waals surface area contributed by atoms with Gasteiger partial charge < -0.3 is 20.9 Å². The SMILES string of the molecule is CCC(CC1CCC[C@H](N[C@H]2[C@H](OC)Cc3ccc(C(N)=O)cc3C2(CC)CC)C1)C(=O)O. The summed E-state index contributed by atoms with van der Waals surface area (Å²) in [6.07, 6.45) is 8.50. The summed E-state index contributed by atoms with van der Waals surface area (Å²) in [5.41, 5.74) is 8.49. The van der Waals surface area contributed by atoms with E-state index in [1.807, 2.05) is 25.1 Å². The van der Waals surface area contributed by atoms with Gasteiger partial charge in [0.25, 0.3) is 0 Å². The fraction of sp³-hybridized carbons (Fsp3) is 0.704. The fourth-order valence-electron chi connectivity index (χ4n) is 6.54. The Morgan fingerprint density at radius 3 is 2.55 bits per heavy atom. The smallest absolute Gasteiger partial charge is 0.306 e. The third-order valence-corrected chi connectivity index (χ3v) is 8.54. The number of carboxylic acid groups (broad SMARTS) is 1. The van der Waals surface area contributed by atoms with Gasteiger partial charge in [-0.3, -0.25) is 9.59 Å². The van der Waals surface area contributed by atoms with Crippen LogP contribution in [0, 0.1) is 11.8 Å². The standard InChI is InChI=1S/C27H42N2O4/c1-5-18(26(31)32)13-17-9-8-10-21(14-17)29-24-23(33-4)16-19-11-12-20(25(28)30)15-22(19)27(24,6-2)7-3/h11-12,15,17-18,21,23-24,29H,5-10,13-14,16H2,1-4H3,(H2,28,30)(H,31,32)/t17?,18?,21-,23+,24-/m0/s1. The number of fused-ring (bicyclic) bond motifs is 1. The van der Waals surface area contributed by atoms with Crippen LogP contribution in [0.1, 0.15) is 93.6 Å². The zero-order valence-corrected chi connectivity index (χ0v) is 20.7. The largest absolute Gasteiger partial charge is 0.481 e. The molecule has 0 aromatic heterocycles. The number of carbonyl (C=O) groups excluding carboxylic acids is 1. The Balaban J connectivity index is 1.88. The molecule has 0 saturated heterocycles. The van der Waals surface area contributed by atoms with Crippen LogP contribution < -0.4 is 11.1 Å². The monoisotopic (exact) mass is 458 g/mol. The van der Waals surface area contributed by atoms with Gasteiger partial charge in [0.05, 0.1) is 12.0 Å².